The Morgan fingerprint density at radius 1 is 1.29 bits per heavy atom. The van der Waals surface area contributed by atoms with Crippen molar-refractivity contribution in [1.82, 2.24) is 4.72 Å². The highest BCUT2D eigenvalue weighted by atomic mass is 35.5. The Morgan fingerprint density at radius 3 is 2.67 bits per heavy atom. The van der Waals surface area contributed by atoms with Gasteiger partial charge in [0.2, 0.25) is 10.0 Å². The molecule has 0 radical (unpaired) electrons. The number of hydrogen-bond donors (Lipinski definition) is 2. The molecule has 3 N–H and O–H groups in total. The van der Waals surface area contributed by atoms with E-state index in [9.17, 15) is 12.8 Å². The van der Waals surface area contributed by atoms with Crippen molar-refractivity contribution in [2.75, 3.05) is 6.54 Å². The Balaban J connectivity index is 0.00000220. The van der Waals surface area contributed by atoms with Gasteiger partial charge in [0.15, 0.2) is 0 Å². The molecule has 0 fully saturated rings. The molecule has 116 valence electrons. The maximum Gasteiger partial charge on any atom is 0.243 e. The van der Waals surface area contributed by atoms with Crippen molar-refractivity contribution < 1.29 is 17.2 Å². The van der Waals surface area contributed by atoms with Gasteiger partial charge < -0.3 is 10.2 Å². The van der Waals surface area contributed by atoms with Gasteiger partial charge in [-0.2, -0.15) is 0 Å². The number of nitrogens with two attached hydrogens (primary N) is 1. The van der Waals surface area contributed by atoms with E-state index in [4.69, 9.17) is 10.2 Å². The summed E-state index contributed by atoms with van der Waals surface area (Å²) in [6.07, 6.45) is 1.92. The molecule has 0 aliphatic carbocycles. The van der Waals surface area contributed by atoms with Gasteiger partial charge in [-0.1, -0.05) is 6.07 Å². The fourth-order valence-electron chi connectivity index (χ4n) is 1.73. The van der Waals surface area contributed by atoms with E-state index in [-0.39, 0.29) is 23.8 Å². The summed E-state index contributed by atoms with van der Waals surface area (Å²) in [4.78, 5) is -0.380. The number of halogens is 2. The molecular formula is C13H16ClFN2O3S. The first-order chi connectivity index (χ1) is 9.53. The highest BCUT2D eigenvalue weighted by molar-refractivity contribution is 7.89. The predicted molar refractivity (Wildman–Crippen MR) is 79.1 cm³/mol. The summed E-state index contributed by atoms with van der Waals surface area (Å²) >= 11 is 0. The summed E-state index contributed by atoms with van der Waals surface area (Å²) in [6.45, 7) is 0.334. The lowest BCUT2D eigenvalue weighted by Gasteiger charge is -2.08. The SMILES string of the molecule is Cl.NCCc1ccc(F)c(S(=O)(=O)NCc2ccco2)c1. The molecular weight excluding hydrogens is 319 g/mol. The van der Waals surface area contributed by atoms with Crippen molar-refractivity contribution in [1.29, 1.82) is 0 Å². The van der Waals surface area contributed by atoms with Crippen molar-refractivity contribution >= 4 is 22.4 Å². The minimum absolute atomic E-state index is 0. The molecule has 1 aromatic carbocycles. The number of nitrogens with one attached hydrogen (secondary N) is 1. The van der Waals surface area contributed by atoms with E-state index >= 15 is 0 Å². The van der Waals surface area contributed by atoms with Crippen LogP contribution >= 0.6 is 12.4 Å². The molecule has 0 bridgehead atoms. The molecule has 2 rings (SSSR count). The second-order valence-electron chi connectivity index (χ2n) is 4.21. The molecule has 2 aromatic rings. The Kier molecular flexibility index (Phi) is 6.35. The highest BCUT2D eigenvalue weighted by Crippen LogP contribution is 2.17. The van der Waals surface area contributed by atoms with Crippen LogP contribution in [-0.4, -0.2) is 15.0 Å². The summed E-state index contributed by atoms with van der Waals surface area (Å²) in [5.41, 5.74) is 6.08. The molecule has 0 aliphatic rings. The molecule has 0 amide bonds. The van der Waals surface area contributed by atoms with Gasteiger partial charge >= 0.3 is 0 Å². The molecule has 8 heteroatoms. The van der Waals surface area contributed by atoms with Crippen LogP contribution in [0.2, 0.25) is 0 Å². The van der Waals surface area contributed by atoms with Crippen molar-refractivity contribution in [3.8, 4) is 0 Å². The summed E-state index contributed by atoms with van der Waals surface area (Å²) in [7, 11) is -3.93. The molecule has 1 heterocycles. The van der Waals surface area contributed by atoms with E-state index in [0.717, 1.165) is 6.07 Å². The van der Waals surface area contributed by atoms with Gasteiger partial charge in [0, 0.05) is 0 Å². The van der Waals surface area contributed by atoms with Crippen molar-refractivity contribution in [3.63, 3.8) is 0 Å². The fraction of sp³-hybridized carbons (Fsp3) is 0.231. The normalized spacial score (nSPS) is 11.1. The smallest absolute Gasteiger partial charge is 0.243 e. The second-order valence-corrected chi connectivity index (χ2v) is 5.94. The van der Waals surface area contributed by atoms with Gasteiger partial charge in [-0.05, 0) is 42.8 Å². The Labute approximate surface area is 128 Å². The van der Waals surface area contributed by atoms with E-state index in [2.05, 4.69) is 4.72 Å². The minimum atomic E-state index is -3.93. The Morgan fingerprint density at radius 2 is 2.05 bits per heavy atom. The van der Waals surface area contributed by atoms with Gasteiger partial charge in [0.05, 0.1) is 12.8 Å². The molecule has 0 spiro atoms. The van der Waals surface area contributed by atoms with Gasteiger partial charge in [-0.15, -0.1) is 12.4 Å². The standard InChI is InChI=1S/C13H15FN2O3S.ClH/c14-12-4-3-10(5-6-15)8-13(12)20(17,18)16-9-11-2-1-7-19-11;/h1-4,7-8,16H,5-6,9,15H2;1H. The van der Waals surface area contributed by atoms with Crippen LogP contribution in [0.3, 0.4) is 0 Å². The number of hydrogen-bond acceptors (Lipinski definition) is 4. The van der Waals surface area contributed by atoms with Crippen LogP contribution in [-0.2, 0) is 23.0 Å². The zero-order valence-corrected chi connectivity index (χ0v) is 12.7. The third-order valence-corrected chi connectivity index (χ3v) is 4.15. The highest BCUT2D eigenvalue weighted by Gasteiger charge is 2.19. The summed E-state index contributed by atoms with van der Waals surface area (Å²) < 4.78 is 45.2. The third kappa shape index (κ3) is 4.53. The average molecular weight is 335 g/mol. The Hall–Kier alpha value is -1.41. The van der Waals surface area contributed by atoms with E-state index in [1.165, 1.54) is 18.4 Å². The van der Waals surface area contributed by atoms with Crippen molar-refractivity contribution in [3.05, 3.63) is 53.7 Å². The molecule has 0 saturated heterocycles. The van der Waals surface area contributed by atoms with Crippen LogP contribution in [0, 0.1) is 5.82 Å². The lowest BCUT2D eigenvalue weighted by Crippen LogP contribution is -2.24. The van der Waals surface area contributed by atoms with Gasteiger partial charge in [0.25, 0.3) is 0 Å². The topological polar surface area (TPSA) is 85.3 Å². The first kappa shape index (κ1) is 17.6. The van der Waals surface area contributed by atoms with Gasteiger partial charge in [-0.25, -0.2) is 17.5 Å². The van der Waals surface area contributed by atoms with Crippen LogP contribution in [0.1, 0.15) is 11.3 Å². The first-order valence-electron chi connectivity index (χ1n) is 6.03. The minimum Gasteiger partial charge on any atom is -0.468 e. The van der Waals surface area contributed by atoms with E-state index in [0.29, 0.717) is 24.3 Å². The lowest BCUT2D eigenvalue weighted by atomic mass is 10.1. The van der Waals surface area contributed by atoms with Crippen molar-refractivity contribution in [2.24, 2.45) is 5.73 Å². The summed E-state index contributed by atoms with van der Waals surface area (Å²) in [5, 5.41) is 0. The summed E-state index contributed by atoms with van der Waals surface area (Å²) in [6, 6.07) is 7.22. The second kappa shape index (κ2) is 7.56. The van der Waals surface area contributed by atoms with Crippen LogP contribution in [0.5, 0.6) is 0 Å². The number of rotatable bonds is 6. The lowest BCUT2D eigenvalue weighted by molar-refractivity contribution is 0.497. The number of benzene rings is 1. The van der Waals surface area contributed by atoms with E-state index < -0.39 is 15.8 Å². The maximum atomic E-state index is 13.7. The van der Waals surface area contributed by atoms with Gasteiger partial charge in [0.1, 0.15) is 16.5 Å². The predicted octanol–water partition coefficient (Wildman–Crippen LogP) is 1.82. The van der Waals surface area contributed by atoms with Gasteiger partial charge in [-0.3, -0.25) is 0 Å². The quantitative estimate of drug-likeness (QED) is 0.843. The van der Waals surface area contributed by atoms with E-state index in [1.54, 1.807) is 12.1 Å². The largest absolute Gasteiger partial charge is 0.468 e. The van der Waals surface area contributed by atoms with Crippen LogP contribution < -0.4 is 10.5 Å². The fourth-order valence-corrected chi connectivity index (χ4v) is 2.85. The van der Waals surface area contributed by atoms with Crippen LogP contribution in [0.15, 0.2) is 45.9 Å². The number of sulfonamides is 1. The zero-order chi connectivity index (χ0) is 14.6. The molecule has 5 nitrogen and oxygen atoms in total. The maximum absolute atomic E-state index is 13.7. The molecule has 1 aromatic heterocycles. The molecule has 0 atom stereocenters. The molecule has 0 saturated carbocycles. The van der Waals surface area contributed by atoms with E-state index in [1.807, 2.05) is 0 Å². The third-order valence-electron chi connectivity index (χ3n) is 2.73. The monoisotopic (exact) mass is 334 g/mol. The molecule has 0 aliphatic heterocycles. The Bertz CT molecular complexity index is 675. The molecule has 0 unspecified atom stereocenters. The van der Waals surface area contributed by atoms with Crippen LogP contribution in [0.4, 0.5) is 4.39 Å². The number of furan rings is 1. The first-order valence-corrected chi connectivity index (χ1v) is 7.52. The average Bonchev–Trinajstić information content (AvgIpc) is 2.92. The van der Waals surface area contributed by atoms with Crippen molar-refractivity contribution in [2.45, 2.75) is 17.9 Å². The molecule has 21 heavy (non-hydrogen) atoms. The summed E-state index contributed by atoms with van der Waals surface area (Å²) in [5.74, 6) is -0.343. The zero-order valence-electron chi connectivity index (χ0n) is 11.1. The van der Waals surface area contributed by atoms with Crippen LogP contribution in [0.25, 0.3) is 0 Å².